The molecule has 0 aromatic heterocycles. The molecule has 1 aliphatic heterocycles. The lowest BCUT2D eigenvalue weighted by molar-refractivity contribution is -0.133. The normalized spacial score (nSPS) is 20.9. The molecular weight excluding hydrogens is 198 g/mol. The molecule has 0 aliphatic carbocycles. The van der Waals surface area contributed by atoms with Crippen LogP contribution in [0.2, 0.25) is 0 Å². The first-order chi connectivity index (χ1) is 6.97. The number of amides is 1. The van der Waals surface area contributed by atoms with Crippen molar-refractivity contribution in [3.05, 3.63) is 0 Å². The van der Waals surface area contributed by atoms with E-state index in [4.69, 9.17) is 10.00 Å². The van der Waals surface area contributed by atoms with Gasteiger partial charge >= 0.3 is 5.97 Å². The third-order valence-corrected chi connectivity index (χ3v) is 1.93. The van der Waals surface area contributed by atoms with Crippen LogP contribution in [0.1, 0.15) is 20.3 Å². The van der Waals surface area contributed by atoms with Gasteiger partial charge in [-0.05, 0) is 0 Å². The molecule has 0 unspecified atom stereocenters. The highest BCUT2D eigenvalue weighted by molar-refractivity contribution is 6.40. The molecule has 6 heteroatoms. The molecule has 0 aromatic carbocycles. The number of cyclic esters (lactones) is 1. The average molecular weight is 209 g/mol. The summed E-state index contributed by atoms with van der Waals surface area (Å²) in [6.07, 6.45) is -0.285. The molecule has 1 amide bonds. The average Bonchev–Trinajstić information content (AvgIpc) is 2.39. The molecule has 0 aromatic rings. The third-order valence-electron chi connectivity index (χ3n) is 1.93. The number of carbonyl (C=O) groups is 2. The van der Waals surface area contributed by atoms with Crippen LogP contribution >= 0.6 is 0 Å². The van der Waals surface area contributed by atoms with Crippen molar-refractivity contribution in [2.75, 3.05) is 6.61 Å². The summed E-state index contributed by atoms with van der Waals surface area (Å²) in [4.78, 5) is 22.1. The predicted molar refractivity (Wildman–Crippen MR) is 50.5 cm³/mol. The van der Waals surface area contributed by atoms with E-state index in [2.05, 4.69) is 10.5 Å². The van der Waals surface area contributed by atoms with Crippen molar-refractivity contribution < 1.29 is 14.3 Å². The minimum atomic E-state index is -0.541. The second-order valence-electron chi connectivity index (χ2n) is 3.79. The summed E-state index contributed by atoms with van der Waals surface area (Å²) in [7, 11) is 0. The predicted octanol–water partition coefficient (Wildman–Crippen LogP) is -0.0447. The lowest BCUT2D eigenvalue weighted by Crippen LogP contribution is -2.28. The van der Waals surface area contributed by atoms with Gasteiger partial charge in [-0.15, -0.1) is 0 Å². The van der Waals surface area contributed by atoms with Gasteiger partial charge in [0.2, 0.25) is 0 Å². The molecule has 1 N–H and O–H groups in total. The summed E-state index contributed by atoms with van der Waals surface area (Å²) < 4.78 is 4.79. The molecule has 1 aliphatic rings. The lowest BCUT2D eigenvalue weighted by Gasteiger charge is -2.12. The maximum Gasteiger partial charge on any atom is 0.355 e. The van der Waals surface area contributed by atoms with Gasteiger partial charge in [-0.3, -0.25) is 4.79 Å². The maximum atomic E-state index is 11.2. The fourth-order valence-electron chi connectivity index (χ4n) is 1.09. The first-order valence-electron chi connectivity index (χ1n) is 4.38. The highest BCUT2D eigenvalue weighted by atomic mass is 16.5. The number of esters is 1. The lowest BCUT2D eigenvalue weighted by atomic mass is 9.91. The van der Waals surface area contributed by atoms with Gasteiger partial charge in [0.25, 0.3) is 5.91 Å². The fourth-order valence-corrected chi connectivity index (χ4v) is 1.09. The van der Waals surface area contributed by atoms with Crippen molar-refractivity contribution >= 4 is 17.6 Å². The van der Waals surface area contributed by atoms with E-state index in [1.54, 1.807) is 19.9 Å². The van der Waals surface area contributed by atoms with E-state index in [9.17, 15) is 9.59 Å². The van der Waals surface area contributed by atoms with E-state index in [0.717, 1.165) is 0 Å². The quantitative estimate of drug-likeness (QED) is 0.510. The molecule has 1 fully saturated rings. The third kappa shape index (κ3) is 2.53. The highest BCUT2D eigenvalue weighted by Crippen LogP contribution is 2.24. The number of nitrogens with one attached hydrogen (secondary N) is 1. The first kappa shape index (κ1) is 11.2. The van der Waals surface area contributed by atoms with E-state index in [1.165, 1.54) is 0 Å². The van der Waals surface area contributed by atoms with Crippen molar-refractivity contribution in [1.29, 1.82) is 5.26 Å². The van der Waals surface area contributed by atoms with Crippen molar-refractivity contribution in [2.45, 2.75) is 20.3 Å². The van der Waals surface area contributed by atoms with Gasteiger partial charge in [0.15, 0.2) is 5.71 Å². The number of ether oxygens (including phenoxy) is 1. The summed E-state index contributed by atoms with van der Waals surface area (Å²) in [5, 5.41) is 11.9. The largest absolute Gasteiger partial charge is 0.460 e. The molecule has 0 bridgehead atoms. The molecule has 0 atom stereocenters. The number of nitrogens with zero attached hydrogens (tertiary/aromatic N) is 2. The molecule has 0 saturated carbocycles. The van der Waals surface area contributed by atoms with E-state index >= 15 is 0 Å². The van der Waals surface area contributed by atoms with Crippen LogP contribution < -0.4 is 5.43 Å². The molecule has 6 nitrogen and oxygen atoms in total. The van der Waals surface area contributed by atoms with Crippen LogP contribution in [0.4, 0.5) is 0 Å². The fraction of sp³-hybridized carbons (Fsp3) is 0.556. The van der Waals surface area contributed by atoms with E-state index in [1.807, 2.05) is 0 Å². The zero-order chi connectivity index (χ0) is 11.5. The van der Waals surface area contributed by atoms with Crippen molar-refractivity contribution in [3.63, 3.8) is 0 Å². The Balaban J connectivity index is 2.70. The summed E-state index contributed by atoms with van der Waals surface area (Å²) in [6.45, 7) is 3.82. The summed E-state index contributed by atoms with van der Waals surface area (Å²) in [6, 6.07) is 1.68. The first-order valence-corrected chi connectivity index (χ1v) is 4.38. The minimum absolute atomic E-state index is 0.175. The Hall–Kier alpha value is -1.90. The van der Waals surface area contributed by atoms with Gasteiger partial charge in [-0.25, -0.2) is 10.2 Å². The van der Waals surface area contributed by atoms with Crippen LogP contribution in [0.25, 0.3) is 0 Å². The Labute approximate surface area is 86.9 Å². The van der Waals surface area contributed by atoms with Crippen molar-refractivity contribution in [1.82, 2.24) is 5.43 Å². The van der Waals surface area contributed by atoms with E-state index in [-0.39, 0.29) is 18.7 Å². The Morgan fingerprint density at radius 2 is 2.40 bits per heavy atom. The highest BCUT2D eigenvalue weighted by Gasteiger charge is 2.40. The van der Waals surface area contributed by atoms with Gasteiger partial charge in [0.1, 0.15) is 13.0 Å². The zero-order valence-electron chi connectivity index (χ0n) is 8.53. The Kier molecular flexibility index (Phi) is 3.04. The second kappa shape index (κ2) is 4.09. The Morgan fingerprint density at radius 1 is 1.73 bits per heavy atom. The Morgan fingerprint density at radius 3 is 2.87 bits per heavy atom. The number of hydrogen-bond donors (Lipinski definition) is 1. The molecule has 80 valence electrons. The van der Waals surface area contributed by atoms with Crippen LogP contribution in [0, 0.1) is 16.7 Å². The molecule has 0 spiro atoms. The van der Waals surface area contributed by atoms with Gasteiger partial charge < -0.3 is 4.74 Å². The van der Waals surface area contributed by atoms with Crippen LogP contribution in [-0.2, 0) is 14.3 Å². The Bertz CT molecular complexity index is 365. The SMILES string of the molecule is CC1(C)COC(=O)/C1=N/NC(=O)CC#N. The second-order valence-corrected chi connectivity index (χ2v) is 3.79. The number of nitriles is 1. The molecule has 15 heavy (non-hydrogen) atoms. The summed E-state index contributed by atoms with van der Waals surface area (Å²) in [5.41, 5.74) is 1.81. The van der Waals surface area contributed by atoms with Crippen molar-refractivity contribution in [2.24, 2.45) is 10.5 Å². The maximum absolute atomic E-state index is 11.2. The van der Waals surface area contributed by atoms with Crippen LogP contribution in [0.15, 0.2) is 5.10 Å². The van der Waals surface area contributed by atoms with Gasteiger partial charge in [0, 0.05) is 0 Å². The van der Waals surface area contributed by atoms with E-state index in [0.29, 0.717) is 0 Å². The summed E-state index contributed by atoms with van der Waals surface area (Å²) >= 11 is 0. The topological polar surface area (TPSA) is 91.5 Å². The molecular formula is C9H11N3O3. The van der Waals surface area contributed by atoms with Gasteiger partial charge in [0.05, 0.1) is 11.5 Å². The minimum Gasteiger partial charge on any atom is -0.460 e. The van der Waals surface area contributed by atoms with Gasteiger partial charge in [-0.2, -0.15) is 10.4 Å². The molecule has 0 radical (unpaired) electrons. The standard InChI is InChI=1S/C9H11N3O3/c1-9(2)5-15-8(14)7(9)12-11-6(13)3-4-10/h3,5H2,1-2H3,(H,11,13)/b12-7-. The number of hydrogen-bond acceptors (Lipinski definition) is 5. The van der Waals surface area contributed by atoms with Crippen molar-refractivity contribution in [3.8, 4) is 6.07 Å². The van der Waals surface area contributed by atoms with Crippen LogP contribution in [-0.4, -0.2) is 24.2 Å². The smallest absolute Gasteiger partial charge is 0.355 e. The molecule has 1 rings (SSSR count). The monoisotopic (exact) mass is 209 g/mol. The number of rotatable bonds is 2. The van der Waals surface area contributed by atoms with Crippen LogP contribution in [0.5, 0.6) is 0 Å². The molecule has 1 heterocycles. The molecule has 1 saturated heterocycles. The van der Waals surface area contributed by atoms with Gasteiger partial charge in [-0.1, -0.05) is 13.8 Å². The number of carbonyl (C=O) groups excluding carboxylic acids is 2. The van der Waals surface area contributed by atoms with Crippen LogP contribution in [0.3, 0.4) is 0 Å². The zero-order valence-corrected chi connectivity index (χ0v) is 8.53. The summed E-state index contributed by atoms with van der Waals surface area (Å²) in [5.74, 6) is -1.07. The number of hydrazone groups is 1. The van der Waals surface area contributed by atoms with E-state index < -0.39 is 17.3 Å².